The Kier molecular flexibility index (Phi) is 5.11. The Labute approximate surface area is 96.0 Å². The molecule has 1 unspecified atom stereocenters. The number of hydrogen-bond acceptors (Lipinski definition) is 1. The summed E-state index contributed by atoms with van der Waals surface area (Å²) >= 11 is 0. The molecule has 15 heavy (non-hydrogen) atoms. The van der Waals surface area contributed by atoms with Crippen LogP contribution in [0.3, 0.4) is 0 Å². The third kappa shape index (κ3) is 3.48. The van der Waals surface area contributed by atoms with E-state index in [4.69, 9.17) is 0 Å². The van der Waals surface area contributed by atoms with Crippen molar-refractivity contribution in [3.63, 3.8) is 0 Å². The van der Waals surface area contributed by atoms with Crippen LogP contribution in [-0.2, 0) is 0 Å². The predicted octanol–water partition coefficient (Wildman–Crippen LogP) is 3.98. The van der Waals surface area contributed by atoms with E-state index in [2.05, 4.69) is 33.1 Å². The molecule has 0 bridgehead atoms. The number of hydrogen-bond donors (Lipinski definition) is 1. The Balaban J connectivity index is 2.63. The summed E-state index contributed by atoms with van der Waals surface area (Å²) < 4.78 is 0. The van der Waals surface area contributed by atoms with Crippen molar-refractivity contribution in [1.29, 1.82) is 0 Å². The first kappa shape index (κ1) is 13.0. The topological polar surface area (TPSA) is 12.0 Å². The average molecular weight is 211 g/mol. The molecule has 0 spiro atoms. The van der Waals surface area contributed by atoms with Gasteiger partial charge < -0.3 is 5.32 Å². The summed E-state index contributed by atoms with van der Waals surface area (Å²) in [5, 5.41) is 3.59. The Morgan fingerprint density at radius 3 is 2.07 bits per heavy atom. The van der Waals surface area contributed by atoms with Gasteiger partial charge in [0.05, 0.1) is 0 Å². The van der Waals surface area contributed by atoms with Gasteiger partial charge >= 0.3 is 0 Å². The van der Waals surface area contributed by atoms with Gasteiger partial charge in [0.2, 0.25) is 0 Å². The second-order valence-electron chi connectivity index (χ2n) is 5.86. The molecule has 0 heterocycles. The van der Waals surface area contributed by atoms with Gasteiger partial charge in [0.25, 0.3) is 0 Å². The molecule has 0 saturated heterocycles. The molecule has 0 radical (unpaired) electrons. The third-order valence-corrected chi connectivity index (χ3v) is 4.44. The fourth-order valence-electron chi connectivity index (χ4n) is 3.13. The molecule has 0 aliphatic heterocycles. The molecule has 0 aromatic rings. The molecular formula is C14H29N. The van der Waals surface area contributed by atoms with Crippen LogP contribution in [0.25, 0.3) is 0 Å². The van der Waals surface area contributed by atoms with Crippen LogP contribution in [0.4, 0.5) is 0 Å². The zero-order valence-corrected chi connectivity index (χ0v) is 11.1. The number of rotatable bonds is 4. The van der Waals surface area contributed by atoms with Crippen LogP contribution in [0.1, 0.15) is 65.7 Å². The fraction of sp³-hybridized carbons (Fsp3) is 1.00. The highest BCUT2D eigenvalue weighted by molar-refractivity contribution is 4.88. The maximum atomic E-state index is 3.59. The second-order valence-corrected chi connectivity index (χ2v) is 5.86. The molecule has 90 valence electrons. The van der Waals surface area contributed by atoms with Crippen molar-refractivity contribution >= 4 is 0 Å². The molecule has 0 amide bonds. The molecule has 1 heteroatoms. The van der Waals surface area contributed by atoms with Crippen LogP contribution >= 0.6 is 0 Å². The Hall–Kier alpha value is -0.0400. The Morgan fingerprint density at radius 2 is 1.67 bits per heavy atom. The molecule has 1 N–H and O–H groups in total. The predicted molar refractivity (Wildman–Crippen MR) is 68.1 cm³/mol. The van der Waals surface area contributed by atoms with E-state index in [0.29, 0.717) is 11.5 Å². The fourth-order valence-corrected chi connectivity index (χ4v) is 3.13. The molecule has 0 aromatic heterocycles. The minimum absolute atomic E-state index is 0.448. The van der Waals surface area contributed by atoms with Gasteiger partial charge in [-0.15, -0.1) is 0 Å². The van der Waals surface area contributed by atoms with Crippen molar-refractivity contribution in [2.45, 2.75) is 71.8 Å². The highest BCUT2D eigenvalue weighted by Crippen LogP contribution is 2.35. The van der Waals surface area contributed by atoms with Gasteiger partial charge in [0.1, 0.15) is 0 Å². The van der Waals surface area contributed by atoms with Gasteiger partial charge in [0, 0.05) is 6.04 Å². The van der Waals surface area contributed by atoms with E-state index >= 15 is 0 Å². The van der Waals surface area contributed by atoms with Gasteiger partial charge in [-0.2, -0.15) is 0 Å². The van der Waals surface area contributed by atoms with Gasteiger partial charge in [-0.05, 0) is 37.6 Å². The lowest BCUT2D eigenvalue weighted by atomic mass is 9.73. The summed E-state index contributed by atoms with van der Waals surface area (Å²) in [5.74, 6) is 0.910. The van der Waals surface area contributed by atoms with E-state index in [1.54, 1.807) is 0 Å². The molecule has 1 aliphatic carbocycles. The van der Waals surface area contributed by atoms with Crippen molar-refractivity contribution in [3.05, 3.63) is 0 Å². The zero-order chi connectivity index (χ0) is 11.3. The van der Waals surface area contributed by atoms with Crippen molar-refractivity contribution in [2.24, 2.45) is 11.3 Å². The molecule has 1 rings (SSSR count). The van der Waals surface area contributed by atoms with E-state index in [-0.39, 0.29) is 0 Å². The minimum Gasteiger partial charge on any atom is -0.316 e. The molecular weight excluding hydrogens is 182 g/mol. The van der Waals surface area contributed by atoms with E-state index in [0.717, 1.165) is 5.92 Å². The van der Waals surface area contributed by atoms with Crippen LogP contribution < -0.4 is 5.32 Å². The maximum absolute atomic E-state index is 3.59. The molecule has 1 nitrogen and oxygen atoms in total. The van der Waals surface area contributed by atoms with E-state index < -0.39 is 0 Å². The first-order valence-electron chi connectivity index (χ1n) is 6.79. The smallest absolute Gasteiger partial charge is 0.0143 e. The highest BCUT2D eigenvalue weighted by Gasteiger charge is 2.33. The first-order chi connectivity index (χ1) is 7.11. The number of nitrogens with one attached hydrogen (secondary N) is 1. The van der Waals surface area contributed by atoms with E-state index in [9.17, 15) is 0 Å². The first-order valence-corrected chi connectivity index (χ1v) is 6.79. The quantitative estimate of drug-likeness (QED) is 0.694. The van der Waals surface area contributed by atoms with Crippen molar-refractivity contribution in [2.75, 3.05) is 7.05 Å². The maximum Gasteiger partial charge on any atom is 0.0143 e. The van der Waals surface area contributed by atoms with Gasteiger partial charge in [-0.25, -0.2) is 0 Å². The normalized spacial score (nSPS) is 22.4. The summed E-state index contributed by atoms with van der Waals surface area (Å²) in [7, 11) is 2.15. The summed E-state index contributed by atoms with van der Waals surface area (Å²) in [6.45, 7) is 7.15. The van der Waals surface area contributed by atoms with Gasteiger partial charge in [-0.1, -0.05) is 46.5 Å². The largest absolute Gasteiger partial charge is 0.316 e. The van der Waals surface area contributed by atoms with Crippen molar-refractivity contribution < 1.29 is 0 Å². The van der Waals surface area contributed by atoms with E-state index in [1.165, 1.54) is 44.9 Å². The molecule has 1 saturated carbocycles. The average Bonchev–Trinajstić information content (AvgIpc) is 2.47. The highest BCUT2D eigenvalue weighted by atomic mass is 14.9. The second kappa shape index (κ2) is 5.89. The van der Waals surface area contributed by atoms with Crippen LogP contribution in [-0.4, -0.2) is 13.1 Å². The molecule has 1 aliphatic rings. The SMILES string of the molecule is CCC(C)(C)C(NC)C1CCCCCC1. The summed E-state index contributed by atoms with van der Waals surface area (Å²) in [6, 6.07) is 0.709. The molecule has 1 fully saturated rings. The van der Waals surface area contributed by atoms with E-state index in [1.807, 2.05) is 0 Å². The summed E-state index contributed by atoms with van der Waals surface area (Å²) in [4.78, 5) is 0. The summed E-state index contributed by atoms with van der Waals surface area (Å²) in [5.41, 5.74) is 0.448. The Morgan fingerprint density at radius 1 is 1.13 bits per heavy atom. The monoisotopic (exact) mass is 211 g/mol. The molecule has 0 aromatic carbocycles. The van der Waals surface area contributed by atoms with Crippen LogP contribution in [0.5, 0.6) is 0 Å². The van der Waals surface area contributed by atoms with Crippen LogP contribution in [0.2, 0.25) is 0 Å². The lowest BCUT2D eigenvalue weighted by Crippen LogP contribution is -2.45. The van der Waals surface area contributed by atoms with Gasteiger partial charge in [0.15, 0.2) is 0 Å². The zero-order valence-electron chi connectivity index (χ0n) is 11.1. The van der Waals surface area contributed by atoms with Crippen LogP contribution in [0, 0.1) is 11.3 Å². The summed E-state index contributed by atoms with van der Waals surface area (Å²) in [6.07, 6.45) is 9.96. The lowest BCUT2D eigenvalue weighted by molar-refractivity contribution is 0.162. The standard InChI is InChI=1S/C14H29N/c1-5-14(2,3)13(15-4)12-10-8-6-7-9-11-12/h12-13,15H,5-11H2,1-4H3. The third-order valence-electron chi connectivity index (χ3n) is 4.44. The van der Waals surface area contributed by atoms with Crippen molar-refractivity contribution in [1.82, 2.24) is 5.32 Å². The Bertz CT molecular complexity index is 166. The lowest BCUT2D eigenvalue weighted by Gasteiger charge is -2.39. The van der Waals surface area contributed by atoms with Crippen molar-refractivity contribution in [3.8, 4) is 0 Å². The van der Waals surface area contributed by atoms with Gasteiger partial charge in [-0.3, -0.25) is 0 Å². The minimum atomic E-state index is 0.448. The molecule has 1 atom stereocenters. The van der Waals surface area contributed by atoms with Crippen LogP contribution in [0.15, 0.2) is 0 Å².